The molecular weight excluding hydrogens is 1020 g/mol. The first-order chi connectivity index (χ1) is 34.2. The number of pyridine rings is 2. The number of rotatable bonds is 14. The number of hydrogen-bond donors (Lipinski definition) is 4. The third kappa shape index (κ3) is 10.5. The van der Waals surface area contributed by atoms with Gasteiger partial charge < -0.3 is 30.6 Å². The maximum atomic E-state index is 14.4. The summed E-state index contributed by atoms with van der Waals surface area (Å²) in [7, 11) is 0.982. The maximum absolute atomic E-state index is 14.4. The largest absolute Gasteiger partial charge is 0.493 e. The number of Topliss-reactive ketones (excluding diaryl/α,β-unsaturated/α-hetero) is 2. The number of benzene rings is 2. The lowest BCUT2D eigenvalue weighted by Crippen LogP contribution is -2.41. The summed E-state index contributed by atoms with van der Waals surface area (Å²) in [6.45, 7) is 2.02. The zero-order valence-electron chi connectivity index (χ0n) is 39.0. The van der Waals surface area contributed by atoms with Crippen LogP contribution in [0.4, 0.5) is 26.3 Å². The predicted octanol–water partition coefficient (Wildman–Crippen LogP) is 5.30. The van der Waals surface area contributed by atoms with E-state index in [2.05, 4.69) is 35.9 Å². The first-order valence-corrected chi connectivity index (χ1v) is 22.7. The van der Waals surface area contributed by atoms with Crippen LogP contribution < -0.4 is 16.9 Å². The monoisotopic (exact) mass is 1060 g/mol. The number of amides is 2. The number of carbonyl (C=O) groups excluding carboxylic acids is 4. The van der Waals surface area contributed by atoms with Gasteiger partial charge in [0.05, 0.1) is 36.9 Å². The number of likely N-dealkylation sites (N-methyl/N-ethyl adjacent to an activating group) is 2. The van der Waals surface area contributed by atoms with Gasteiger partial charge >= 0.3 is 7.12 Å². The van der Waals surface area contributed by atoms with E-state index in [1.165, 1.54) is 44.3 Å². The molecule has 0 radical (unpaired) electrons. The highest BCUT2D eigenvalue weighted by Gasteiger charge is 2.52. The Kier molecular flexibility index (Phi) is 16.7. The molecule has 2 atom stereocenters. The van der Waals surface area contributed by atoms with Crippen LogP contribution in [0.15, 0.2) is 112 Å². The van der Waals surface area contributed by atoms with Crippen LogP contribution in [0.5, 0.6) is 0 Å². The van der Waals surface area contributed by atoms with Gasteiger partial charge in [-0.25, -0.2) is 37.5 Å². The molecule has 0 bridgehead atoms. The third-order valence-electron chi connectivity index (χ3n) is 11.7. The van der Waals surface area contributed by atoms with E-state index in [1.807, 2.05) is 6.07 Å². The quantitative estimate of drug-likeness (QED) is 0.0476. The molecule has 0 saturated heterocycles. The molecule has 6 N–H and O–H groups in total. The van der Waals surface area contributed by atoms with Crippen molar-refractivity contribution in [2.45, 2.75) is 50.9 Å². The minimum atomic E-state index is -2.03. The molecule has 16 nitrogen and oxygen atoms in total. The second-order valence-corrected chi connectivity index (χ2v) is 17.0. The number of nitrogens with zero attached hydrogens (tertiary/aromatic N) is 8. The molecule has 2 amide bonds. The minimum absolute atomic E-state index is 0.0267. The Bertz CT molecular complexity index is 3120. The molecule has 6 aromatic rings. The number of carbonyl (C=O) groups is 4. The average Bonchev–Trinajstić information content (AvgIpc) is 4.11. The molecule has 2 aromatic carbocycles. The number of alkyl halides is 2. The molecule has 2 aliphatic heterocycles. The second-order valence-electron chi connectivity index (χ2n) is 16.1. The van der Waals surface area contributed by atoms with E-state index in [0.29, 0.717) is 40.2 Å². The number of halogens is 7. The first kappa shape index (κ1) is 53.9. The maximum Gasteiger partial charge on any atom is 0.493 e. The average molecular weight is 1060 g/mol. The molecular formula is C48H46BBrF6N10O6. The van der Waals surface area contributed by atoms with Crippen molar-refractivity contribution in [2.24, 2.45) is 21.5 Å². The van der Waals surface area contributed by atoms with E-state index in [-0.39, 0.29) is 72.1 Å². The van der Waals surface area contributed by atoms with Crippen molar-refractivity contribution in [2.75, 3.05) is 27.4 Å². The van der Waals surface area contributed by atoms with Crippen LogP contribution in [0, 0.1) is 23.5 Å². The third-order valence-corrected chi connectivity index (χ3v) is 12.2. The number of aryl methyl sites for hydroxylation is 2. The van der Waals surface area contributed by atoms with Crippen molar-refractivity contribution in [3.05, 3.63) is 159 Å². The van der Waals surface area contributed by atoms with Crippen LogP contribution >= 0.6 is 15.9 Å². The molecule has 0 fully saturated rings. The highest BCUT2D eigenvalue weighted by molar-refractivity contribution is 9.10. The number of aliphatic imine (C=N–C) groups is 2. The van der Waals surface area contributed by atoms with Crippen LogP contribution in [-0.2, 0) is 33.8 Å². The predicted molar refractivity (Wildman–Crippen MR) is 258 cm³/mol. The van der Waals surface area contributed by atoms with Crippen molar-refractivity contribution < 1.29 is 55.6 Å². The Labute approximate surface area is 417 Å². The second kappa shape index (κ2) is 22.3. The number of guanidine groups is 2. The van der Waals surface area contributed by atoms with E-state index < -0.39 is 66.4 Å². The normalized spacial score (nSPS) is 17.2. The standard InChI is InChI=1S/C24H22F3N5O2.C19H20BrFN4O2.C5H4BF2NO2/c1-3-20(33)19-10-16(13-32(19)8-7-25)24(22(34)31(2)23(28)30-24)15-6-4-5-14(9-15)18-11-17(26)12-29-21(18)27;1-3-16(26)15-10-13(11-25(15)8-7-21)19(12-5-4-6-14(20)9-12)17(27)24(2)18(22)23-19;7-3-1-4(6(10)11)5(8)9-2-3/h4-6,9-13H,3,7-8H2,1-2H3,(H2,28,30);4-6,9-11H,3,7-8H2,1-2H3,(H2,22,23);1-2,10-11H. The lowest BCUT2D eigenvalue weighted by Gasteiger charge is -2.25. The number of ketones is 2. The fourth-order valence-corrected chi connectivity index (χ4v) is 8.44. The Morgan fingerprint density at radius 2 is 1.12 bits per heavy atom. The number of hydrogen-bond acceptors (Lipinski definition) is 12. The number of nitrogens with two attached hydrogens (primary N) is 2. The smallest absolute Gasteiger partial charge is 0.423 e. The van der Waals surface area contributed by atoms with Crippen LogP contribution in [0.25, 0.3) is 11.1 Å². The van der Waals surface area contributed by atoms with Crippen molar-refractivity contribution in [1.82, 2.24) is 28.9 Å². The van der Waals surface area contributed by atoms with Crippen LogP contribution in [0.1, 0.15) is 69.9 Å². The fraction of sp³-hybridized carbons (Fsp3) is 0.250. The van der Waals surface area contributed by atoms with Gasteiger partial charge in [-0.05, 0) is 59.2 Å². The van der Waals surface area contributed by atoms with Gasteiger partial charge in [-0.1, -0.05) is 60.1 Å². The molecule has 24 heteroatoms. The summed E-state index contributed by atoms with van der Waals surface area (Å²) in [6, 6.07) is 18.3. The van der Waals surface area contributed by atoms with Gasteiger partial charge in [-0.3, -0.25) is 29.0 Å². The molecule has 72 heavy (non-hydrogen) atoms. The van der Waals surface area contributed by atoms with Crippen molar-refractivity contribution >= 4 is 63.8 Å². The lowest BCUT2D eigenvalue weighted by atomic mass is 9.81. The van der Waals surface area contributed by atoms with Crippen molar-refractivity contribution in [3.8, 4) is 11.1 Å². The highest BCUT2D eigenvalue weighted by Crippen LogP contribution is 2.43. The molecule has 2 aliphatic rings. The van der Waals surface area contributed by atoms with E-state index in [1.54, 1.807) is 69.6 Å². The van der Waals surface area contributed by atoms with Gasteiger partial charge in [0.15, 0.2) is 34.6 Å². The van der Waals surface area contributed by atoms with E-state index >= 15 is 0 Å². The zero-order chi connectivity index (χ0) is 52.8. The SMILES string of the molecule is CCC(=O)c1cc(C2(c3cccc(-c4cc(F)cnc4F)c3)N=C(N)N(C)C2=O)cn1CCF.CCC(=O)c1cc(C2(c3cccc(Br)c3)N=C(N)N(C)C2=O)cn1CCF.OB(O)c1cc(F)cnc1F. The molecule has 376 valence electrons. The van der Waals surface area contributed by atoms with Crippen molar-refractivity contribution in [1.29, 1.82) is 0 Å². The molecule has 0 aliphatic carbocycles. The van der Waals surface area contributed by atoms with Crippen LogP contribution in [0.2, 0.25) is 0 Å². The molecule has 6 heterocycles. The zero-order valence-corrected chi connectivity index (χ0v) is 40.5. The summed E-state index contributed by atoms with van der Waals surface area (Å²) in [5, 5.41) is 16.9. The van der Waals surface area contributed by atoms with Gasteiger partial charge in [0.2, 0.25) is 11.9 Å². The van der Waals surface area contributed by atoms with Gasteiger partial charge in [0.25, 0.3) is 11.8 Å². The summed E-state index contributed by atoms with van der Waals surface area (Å²) in [5.41, 5.74) is 10.8. The van der Waals surface area contributed by atoms with Crippen LogP contribution in [-0.4, -0.2) is 109 Å². The van der Waals surface area contributed by atoms with E-state index in [0.717, 1.165) is 16.7 Å². The van der Waals surface area contributed by atoms with Gasteiger partial charge in [-0.2, -0.15) is 8.78 Å². The van der Waals surface area contributed by atoms with E-state index in [4.69, 9.17) is 21.5 Å². The van der Waals surface area contributed by atoms with Crippen molar-refractivity contribution in [3.63, 3.8) is 0 Å². The molecule has 2 unspecified atom stereocenters. The summed E-state index contributed by atoms with van der Waals surface area (Å²) in [5.74, 6) is -4.66. The molecule has 0 spiro atoms. The summed E-state index contributed by atoms with van der Waals surface area (Å²) < 4.78 is 82.8. The summed E-state index contributed by atoms with van der Waals surface area (Å²) in [4.78, 5) is 69.4. The van der Waals surface area contributed by atoms with Crippen LogP contribution in [0.3, 0.4) is 0 Å². The Morgan fingerprint density at radius 1 is 0.667 bits per heavy atom. The Balaban J connectivity index is 0.000000198. The minimum Gasteiger partial charge on any atom is -0.423 e. The first-order valence-electron chi connectivity index (χ1n) is 21.9. The lowest BCUT2D eigenvalue weighted by molar-refractivity contribution is -0.130. The van der Waals surface area contributed by atoms with E-state index in [9.17, 15) is 45.5 Å². The molecule has 8 rings (SSSR count). The topological polar surface area (TPSA) is 228 Å². The molecule has 0 saturated carbocycles. The van der Waals surface area contributed by atoms with Gasteiger partial charge in [0.1, 0.15) is 25.0 Å². The van der Waals surface area contributed by atoms with Gasteiger partial charge in [-0.15, -0.1) is 0 Å². The number of aromatic nitrogens is 4. The summed E-state index contributed by atoms with van der Waals surface area (Å²) >= 11 is 3.42. The Hall–Kier alpha value is -7.44. The van der Waals surface area contributed by atoms with Gasteiger partial charge in [0, 0.05) is 66.0 Å². The molecule has 4 aromatic heterocycles. The summed E-state index contributed by atoms with van der Waals surface area (Å²) in [6.07, 6.45) is 5.01. The highest BCUT2D eigenvalue weighted by atomic mass is 79.9. The Morgan fingerprint density at radius 3 is 1.54 bits per heavy atom. The fourth-order valence-electron chi connectivity index (χ4n) is 8.04.